The van der Waals surface area contributed by atoms with E-state index in [2.05, 4.69) is 14.7 Å². The molecule has 0 unspecified atom stereocenters. The number of nitrogens with two attached hydrogens (primary N) is 1. The Morgan fingerprint density at radius 1 is 1.18 bits per heavy atom. The number of rotatable bonds is 6. The molecule has 1 aromatic heterocycles. The molecule has 2 aromatic carbocycles. The molecule has 8 nitrogen and oxygen atoms in total. The molecule has 2 N–H and O–H groups in total. The largest absolute Gasteiger partial charge is 0.497 e. The van der Waals surface area contributed by atoms with E-state index in [-0.39, 0.29) is 22.9 Å². The number of carbonyl (C=O) groups excluding carboxylic acids is 2. The van der Waals surface area contributed by atoms with Crippen LogP contribution in [0.4, 0.5) is 10.2 Å². The number of aromatic nitrogens is 2. The summed E-state index contributed by atoms with van der Waals surface area (Å²) >= 11 is 0. The molecule has 0 saturated heterocycles. The van der Waals surface area contributed by atoms with Crippen LogP contribution in [0.3, 0.4) is 0 Å². The Morgan fingerprint density at radius 3 is 2.59 bits per heavy atom. The van der Waals surface area contributed by atoms with Gasteiger partial charge in [-0.25, -0.2) is 14.2 Å². The molecular formula is C25H23FN4O4. The summed E-state index contributed by atoms with van der Waals surface area (Å²) in [6.07, 6.45) is 3.44. The first-order chi connectivity index (χ1) is 16.4. The Labute approximate surface area is 195 Å². The quantitative estimate of drug-likeness (QED) is 0.555. The number of nitrogens with zero attached hydrogens (tertiary/aromatic N) is 3. The van der Waals surface area contributed by atoms with Gasteiger partial charge in [-0.15, -0.1) is 0 Å². The molecule has 0 spiro atoms. The van der Waals surface area contributed by atoms with Gasteiger partial charge in [0.1, 0.15) is 23.0 Å². The number of hydrogen-bond donors (Lipinski definition) is 1. The third-order valence-electron chi connectivity index (χ3n) is 5.51. The number of allylic oxidation sites excluding steroid dienone is 1. The first-order valence-corrected chi connectivity index (χ1v) is 10.5. The van der Waals surface area contributed by atoms with Crippen molar-refractivity contribution in [3.8, 4) is 17.0 Å². The Hall–Kier alpha value is -4.27. The molecular weight excluding hydrogens is 439 g/mol. The third-order valence-corrected chi connectivity index (χ3v) is 5.51. The summed E-state index contributed by atoms with van der Waals surface area (Å²) < 4.78 is 24.1. The summed E-state index contributed by atoms with van der Waals surface area (Å²) in [7, 11) is 2.79. The maximum atomic E-state index is 14.4. The number of ketones is 1. The van der Waals surface area contributed by atoms with Gasteiger partial charge in [-0.3, -0.25) is 9.78 Å². The van der Waals surface area contributed by atoms with Crippen LogP contribution < -0.4 is 10.5 Å². The first-order valence-electron chi connectivity index (χ1n) is 10.5. The van der Waals surface area contributed by atoms with Crippen LogP contribution in [0.15, 0.2) is 54.7 Å². The average Bonchev–Trinajstić information content (AvgIpc) is 2.85. The molecule has 0 aliphatic carbocycles. The Bertz CT molecular complexity index is 1270. The monoisotopic (exact) mass is 462 g/mol. The Balaban J connectivity index is 1.62. The molecule has 0 radical (unpaired) electrons. The van der Waals surface area contributed by atoms with Crippen molar-refractivity contribution < 1.29 is 23.5 Å². The molecule has 0 saturated carbocycles. The Morgan fingerprint density at radius 2 is 1.94 bits per heavy atom. The van der Waals surface area contributed by atoms with Crippen LogP contribution in [0.2, 0.25) is 0 Å². The van der Waals surface area contributed by atoms with Crippen LogP contribution in [0.25, 0.3) is 17.0 Å². The van der Waals surface area contributed by atoms with Gasteiger partial charge in [0.2, 0.25) is 0 Å². The van der Waals surface area contributed by atoms with Crippen LogP contribution in [-0.2, 0) is 16.1 Å². The summed E-state index contributed by atoms with van der Waals surface area (Å²) in [6.45, 7) is 1.09. The van der Waals surface area contributed by atoms with E-state index in [4.69, 9.17) is 10.5 Å². The molecule has 0 fully saturated rings. The lowest BCUT2D eigenvalue weighted by molar-refractivity contribution is -0.115. The smallest absolute Gasteiger partial charge is 0.340 e. The highest BCUT2D eigenvalue weighted by molar-refractivity contribution is 5.98. The molecule has 2 heterocycles. The number of ether oxygens (including phenoxy) is 2. The van der Waals surface area contributed by atoms with Gasteiger partial charge in [0.05, 0.1) is 31.7 Å². The molecule has 0 bridgehead atoms. The maximum absolute atomic E-state index is 14.4. The van der Waals surface area contributed by atoms with Gasteiger partial charge in [-0.1, -0.05) is 18.2 Å². The highest BCUT2D eigenvalue weighted by Gasteiger charge is 2.22. The summed E-state index contributed by atoms with van der Waals surface area (Å²) in [5.41, 5.74) is 8.71. The van der Waals surface area contributed by atoms with Crippen molar-refractivity contribution in [2.75, 3.05) is 26.5 Å². The SMILES string of the molecule is COC(=O)c1ccc(-c2ncc(C3=CC(=O)CCN3Cc3ccc(OC)cc3)nc2N)cc1F. The molecule has 174 valence electrons. The van der Waals surface area contributed by atoms with Crippen molar-refractivity contribution >= 4 is 23.3 Å². The van der Waals surface area contributed by atoms with E-state index in [1.54, 1.807) is 13.2 Å². The zero-order valence-corrected chi connectivity index (χ0v) is 18.7. The van der Waals surface area contributed by atoms with Gasteiger partial charge >= 0.3 is 5.97 Å². The van der Waals surface area contributed by atoms with E-state index in [1.807, 2.05) is 29.2 Å². The lowest BCUT2D eigenvalue weighted by atomic mass is 10.1. The molecule has 1 aliphatic rings. The molecule has 0 amide bonds. The number of benzene rings is 2. The summed E-state index contributed by atoms with van der Waals surface area (Å²) in [6, 6.07) is 11.7. The minimum atomic E-state index is -0.774. The average molecular weight is 462 g/mol. The van der Waals surface area contributed by atoms with E-state index in [0.29, 0.717) is 36.5 Å². The fraction of sp³-hybridized carbons (Fsp3) is 0.200. The lowest BCUT2D eigenvalue weighted by Crippen LogP contribution is -2.29. The molecule has 4 rings (SSSR count). The molecule has 3 aromatic rings. The number of hydrogen-bond acceptors (Lipinski definition) is 8. The highest BCUT2D eigenvalue weighted by atomic mass is 19.1. The number of nitrogen functional groups attached to an aromatic ring is 1. The first kappa shape index (κ1) is 22.9. The van der Waals surface area contributed by atoms with E-state index in [0.717, 1.165) is 17.4 Å². The maximum Gasteiger partial charge on any atom is 0.340 e. The lowest BCUT2D eigenvalue weighted by Gasteiger charge is -2.30. The zero-order chi connectivity index (χ0) is 24.2. The van der Waals surface area contributed by atoms with E-state index in [9.17, 15) is 14.0 Å². The van der Waals surface area contributed by atoms with Crippen molar-refractivity contribution in [1.29, 1.82) is 0 Å². The van der Waals surface area contributed by atoms with Crippen molar-refractivity contribution in [3.63, 3.8) is 0 Å². The molecule has 9 heteroatoms. The van der Waals surface area contributed by atoms with Crippen molar-refractivity contribution in [1.82, 2.24) is 14.9 Å². The minimum Gasteiger partial charge on any atom is -0.497 e. The normalized spacial score (nSPS) is 13.4. The van der Waals surface area contributed by atoms with Crippen LogP contribution in [-0.4, -0.2) is 47.4 Å². The molecule has 1 aliphatic heterocycles. The number of esters is 1. The second-order valence-electron chi connectivity index (χ2n) is 7.69. The van der Waals surface area contributed by atoms with Gasteiger partial charge in [-0.05, 0) is 29.8 Å². The van der Waals surface area contributed by atoms with E-state index < -0.39 is 11.8 Å². The van der Waals surface area contributed by atoms with E-state index >= 15 is 0 Å². The van der Waals surface area contributed by atoms with Gasteiger partial charge in [0.15, 0.2) is 11.6 Å². The fourth-order valence-corrected chi connectivity index (χ4v) is 3.72. The predicted octanol–water partition coefficient (Wildman–Crippen LogP) is 3.48. The standard InChI is InChI=1S/C25H23FN4O4/c1-33-18-6-3-15(4-7-18)14-30-10-9-17(31)12-22(30)21-13-28-23(24(27)29-21)16-5-8-19(20(26)11-16)25(32)34-2/h3-8,11-13H,9-10,14H2,1-2H3,(H2,27,29). The van der Waals surface area contributed by atoms with Gasteiger partial charge in [-0.2, -0.15) is 0 Å². The van der Waals surface area contributed by atoms with E-state index in [1.165, 1.54) is 25.4 Å². The molecule has 0 atom stereocenters. The number of methoxy groups -OCH3 is 2. The topological polar surface area (TPSA) is 108 Å². The zero-order valence-electron chi connectivity index (χ0n) is 18.7. The highest BCUT2D eigenvalue weighted by Crippen LogP contribution is 2.29. The van der Waals surface area contributed by atoms with Crippen LogP contribution in [0.5, 0.6) is 5.75 Å². The number of halogens is 1. The van der Waals surface area contributed by atoms with Gasteiger partial charge in [0, 0.05) is 31.1 Å². The van der Waals surface area contributed by atoms with Crippen molar-refractivity contribution in [2.45, 2.75) is 13.0 Å². The summed E-state index contributed by atoms with van der Waals surface area (Å²) in [4.78, 5) is 34.7. The van der Waals surface area contributed by atoms with Crippen LogP contribution in [0, 0.1) is 5.82 Å². The van der Waals surface area contributed by atoms with Crippen LogP contribution in [0.1, 0.15) is 28.0 Å². The van der Waals surface area contributed by atoms with Gasteiger partial charge in [0.25, 0.3) is 0 Å². The Kier molecular flexibility index (Phi) is 6.53. The summed E-state index contributed by atoms with van der Waals surface area (Å²) in [5.74, 6) is -0.694. The van der Waals surface area contributed by atoms with Crippen LogP contribution >= 0.6 is 0 Å². The second kappa shape index (κ2) is 9.70. The second-order valence-corrected chi connectivity index (χ2v) is 7.69. The fourth-order valence-electron chi connectivity index (χ4n) is 3.72. The minimum absolute atomic E-state index is 0.00843. The predicted molar refractivity (Wildman–Crippen MR) is 124 cm³/mol. The third kappa shape index (κ3) is 4.73. The summed E-state index contributed by atoms with van der Waals surface area (Å²) in [5, 5.41) is 0. The molecule has 34 heavy (non-hydrogen) atoms. The van der Waals surface area contributed by atoms with Crippen molar-refractivity contribution in [3.05, 3.63) is 77.4 Å². The van der Waals surface area contributed by atoms with Crippen molar-refractivity contribution in [2.24, 2.45) is 0 Å². The number of carbonyl (C=O) groups is 2. The number of anilines is 1. The van der Waals surface area contributed by atoms with Gasteiger partial charge < -0.3 is 20.1 Å².